The molecular formula is C24H31FN2O2S. The van der Waals surface area contributed by atoms with E-state index in [9.17, 15) is 14.0 Å². The number of unbranched alkanes of at least 4 members (excludes halogenated alkanes) is 2. The molecule has 3 rings (SSSR count). The molecule has 30 heavy (non-hydrogen) atoms. The average molecular weight is 431 g/mol. The fourth-order valence-corrected chi connectivity index (χ4v) is 4.87. The number of benzene rings is 1. The lowest BCUT2D eigenvalue weighted by molar-refractivity contribution is -0.141. The molecule has 0 radical (unpaired) electrons. The second-order valence-corrected chi connectivity index (χ2v) is 8.86. The van der Waals surface area contributed by atoms with Gasteiger partial charge in [0.15, 0.2) is 0 Å². The van der Waals surface area contributed by atoms with Crippen LogP contribution in [0.15, 0.2) is 35.7 Å². The lowest BCUT2D eigenvalue weighted by Gasteiger charge is -2.37. The molecule has 2 amide bonds. The molecule has 0 spiro atoms. The molecule has 0 fully saturated rings. The number of thiophene rings is 1. The van der Waals surface area contributed by atoms with Crippen LogP contribution in [0.1, 0.15) is 68.0 Å². The Labute approximate surface area is 182 Å². The van der Waals surface area contributed by atoms with Crippen LogP contribution in [0.25, 0.3) is 0 Å². The number of amides is 2. The monoisotopic (exact) mass is 430 g/mol. The van der Waals surface area contributed by atoms with E-state index < -0.39 is 0 Å². The Morgan fingerprint density at radius 2 is 1.87 bits per heavy atom. The van der Waals surface area contributed by atoms with Gasteiger partial charge in [0.25, 0.3) is 0 Å². The van der Waals surface area contributed by atoms with Gasteiger partial charge >= 0.3 is 0 Å². The van der Waals surface area contributed by atoms with Crippen LogP contribution in [-0.4, -0.2) is 41.2 Å². The summed E-state index contributed by atoms with van der Waals surface area (Å²) in [6, 6.07) is 8.24. The van der Waals surface area contributed by atoms with Gasteiger partial charge in [-0.1, -0.05) is 38.8 Å². The Kier molecular flexibility index (Phi) is 8.02. The van der Waals surface area contributed by atoms with Crippen molar-refractivity contribution < 1.29 is 14.0 Å². The number of fused-ring (bicyclic) bond motifs is 1. The highest BCUT2D eigenvalue weighted by molar-refractivity contribution is 7.10. The van der Waals surface area contributed by atoms with E-state index in [2.05, 4.69) is 25.3 Å². The van der Waals surface area contributed by atoms with Gasteiger partial charge in [0.1, 0.15) is 5.82 Å². The molecule has 4 nitrogen and oxygen atoms in total. The summed E-state index contributed by atoms with van der Waals surface area (Å²) < 4.78 is 13.5. The van der Waals surface area contributed by atoms with E-state index in [1.165, 1.54) is 17.0 Å². The van der Waals surface area contributed by atoms with Gasteiger partial charge in [-0.05, 0) is 54.0 Å². The van der Waals surface area contributed by atoms with Gasteiger partial charge in [0.05, 0.1) is 12.6 Å². The highest BCUT2D eigenvalue weighted by atomic mass is 32.1. The fourth-order valence-electron chi connectivity index (χ4n) is 3.97. The van der Waals surface area contributed by atoms with Crippen molar-refractivity contribution in [3.63, 3.8) is 0 Å². The molecule has 0 saturated heterocycles. The van der Waals surface area contributed by atoms with Crippen molar-refractivity contribution in [2.24, 2.45) is 0 Å². The molecule has 6 heteroatoms. The molecule has 1 atom stereocenters. The molecule has 1 aliphatic heterocycles. The van der Waals surface area contributed by atoms with Crippen molar-refractivity contribution in [3.8, 4) is 0 Å². The molecule has 1 unspecified atom stereocenters. The van der Waals surface area contributed by atoms with Crippen molar-refractivity contribution in [3.05, 3.63) is 57.5 Å². The summed E-state index contributed by atoms with van der Waals surface area (Å²) in [7, 11) is 0. The first-order valence-electron chi connectivity index (χ1n) is 10.9. The van der Waals surface area contributed by atoms with Gasteiger partial charge < -0.3 is 9.80 Å². The Hall–Kier alpha value is -2.21. The third-order valence-corrected chi connectivity index (χ3v) is 6.67. The van der Waals surface area contributed by atoms with E-state index in [-0.39, 0.29) is 30.2 Å². The van der Waals surface area contributed by atoms with Gasteiger partial charge in [-0.25, -0.2) is 4.39 Å². The number of rotatable bonds is 9. The second kappa shape index (κ2) is 10.7. The van der Waals surface area contributed by atoms with E-state index >= 15 is 0 Å². The van der Waals surface area contributed by atoms with Crippen molar-refractivity contribution in [1.82, 2.24) is 9.80 Å². The molecule has 2 aromatic rings. The lowest BCUT2D eigenvalue weighted by Crippen LogP contribution is -2.47. The van der Waals surface area contributed by atoms with Crippen molar-refractivity contribution in [2.75, 3.05) is 19.6 Å². The van der Waals surface area contributed by atoms with E-state index in [1.807, 2.05) is 4.90 Å². The SMILES string of the molecule is CCCCC(=O)N(CCCC)CC(=O)N1CCc2sccc2C1c1ccc(F)cc1. The van der Waals surface area contributed by atoms with E-state index in [4.69, 9.17) is 0 Å². The lowest BCUT2D eigenvalue weighted by atomic mass is 9.93. The Bertz CT molecular complexity index is 849. The topological polar surface area (TPSA) is 40.6 Å². The van der Waals surface area contributed by atoms with Crippen LogP contribution in [-0.2, 0) is 16.0 Å². The second-order valence-electron chi connectivity index (χ2n) is 7.86. The fraction of sp³-hybridized carbons (Fsp3) is 0.500. The third-order valence-electron chi connectivity index (χ3n) is 5.68. The van der Waals surface area contributed by atoms with Crippen molar-refractivity contribution in [2.45, 2.75) is 58.4 Å². The van der Waals surface area contributed by atoms with E-state index in [0.29, 0.717) is 19.5 Å². The maximum Gasteiger partial charge on any atom is 0.242 e. The summed E-state index contributed by atoms with van der Waals surface area (Å²) >= 11 is 1.70. The van der Waals surface area contributed by atoms with Gasteiger partial charge in [-0.3, -0.25) is 9.59 Å². The molecule has 0 saturated carbocycles. The van der Waals surface area contributed by atoms with Gasteiger partial charge in [-0.2, -0.15) is 0 Å². The zero-order valence-corrected chi connectivity index (χ0v) is 18.7. The van der Waals surface area contributed by atoms with Gasteiger partial charge in [0.2, 0.25) is 11.8 Å². The minimum absolute atomic E-state index is 0.0397. The van der Waals surface area contributed by atoms with Crippen LogP contribution in [0.5, 0.6) is 0 Å². The molecule has 0 N–H and O–H groups in total. The van der Waals surface area contributed by atoms with Crippen LogP contribution in [0.2, 0.25) is 0 Å². The van der Waals surface area contributed by atoms with Crippen molar-refractivity contribution in [1.29, 1.82) is 0 Å². The number of hydrogen-bond acceptors (Lipinski definition) is 3. The number of nitrogens with zero attached hydrogens (tertiary/aromatic N) is 2. The first-order valence-corrected chi connectivity index (χ1v) is 11.8. The maximum absolute atomic E-state index is 13.5. The largest absolute Gasteiger partial charge is 0.333 e. The number of carbonyl (C=O) groups excluding carboxylic acids is 2. The first kappa shape index (κ1) is 22.5. The van der Waals surface area contributed by atoms with E-state index in [0.717, 1.165) is 43.2 Å². The molecule has 1 aromatic carbocycles. The summed E-state index contributed by atoms with van der Waals surface area (Å²) in [5, 5.41) is 2.05. The summed E-state index contributed by atoms with van der Waals surface area (Å²) in [4.78, 5) is 31.0. The molecule has 162 valence electrons. The van der Waals surface area contributed by atoms with E-state index in [1.54, 1.807) is 28.4 Å². The smallest absolute Gasteiger partial charge is 0.242 e. The average Bonchev–Trinajstić information content (AvgIpc) is 3.23. The zero-order chi connectivity index (χ0) is 21.5. The normalized spacial score (nSPS) is 15.7. The summed E-state index contributed by atoms with van der Waals surface area (Å²) in [6.45, 7) is 5.49. The molecule has 0 aliphatic carbocycles. The molecule has 1 aromatic heterocycles. The number of carbonyl (C=O) groups is 2. The number of halogens is 1. The van der Waals surface area contributed by atoms with Gasteiger partial charge in [0, 0.05) is 24.4 Å². The summed E-state index contributed by atoms with van der Waals surface area (Å²) in [5.74, 6) is -0.266. The number of hydrogen-bond donors (Lipinski definition) is 0. The van der Waals surface area contributed by atoms with Gasteiger partial charge in [-0.15, -0.1) is 11.3 Å². The minimum Gasteiger partial charge on any atom is -0.333 e. The highest BCUT2D eigenvalue weighted by Gasteiger charge is 2.33. The Balaban J connectivity index is 1.82. The third kappa shape index (κ3) is 5.28. The van der Waals surface area contributed by atoms with Crippen LogP contribution in [0.4, 0.5) is 4.39 Å². The molecular weight excluding hydrogens is 399 g/mol. The summed E-state index contributed by atoms with van der Waals surface area (Å²) in [5.41, 5.74) is 2.02. The molecule has 1 aliphatic rings. The zero-order valence-electron chi connectivity index (χ0n) is 17.9. The minimum atomic E-state index is -0.287. The highest BCUT2D eigenvalue weighted by Crippen LogP contribution is 2.37. The molecule has 0 bridgehead atoms. The maximum atomic E-state index is 13.5. The molecule has 2 heterocycles. The van der Waals surface area contributed by atoms with Crippen LogP contribution in [0, 0.1) is 5.82 Å². The summed E-state index contributed by atoms with van der Waals surface area (Å²) in [6.07, 6.45) is 4.97. The van der Waals surface area contributed by atoms with Crippen LogP contribution < -0.4 is 0 Å². The predicted octanol–water partition coefficient (Wildman–Crippen LogP) is 5.18. The predicted molar refractivity (Wildman–Crippen MR) is 119 cm³/mol. The Morgan fingerprint density at radius 3 is 2.57 bits per heavy atom. The van der Waals surface area contributed by atoms with Crippen LogP contribution >= 0.6 is 11.3 Å². The Morgan fingerprint density at radius 1 is 1.13 bits per heavy atom. The first-order chi connectivity index (χ1) is 14.5. The van der Waals surface area contributed by atoms with Crippen LogP contribution in [0.3, 0.4) is 0 Å². The quantitative estimate of drug-likeness (QED) is 0.550. The van der Waals surface area contributed by atoms with Crippen molar-refractivity contribution >= 4 is 23.2 Å². The standard InChI is InChI=1S/C24H31FN2O2S/c1-3-5-7-22(28)26(14-6-4-2)17-23(29)27-15-12-21-20(13-16-30-21)24(27)18-8-10-19(25)11-9-18/h8-11,13,16,24H,3-7,12,14-15,17H2,1-2H3.